The molecule has 6 heteroatoms. The van der Waals surface area contributed by atoms with Gasteiger partial charge in [0.05, 0.1) is 22.4 Å². The molecular formula is C21H12FNO4. The number of nitrogens with zero attached hydrogens (tertiary/aromatic N) is 1. The summed E-state index contributed by atoms with van der Waals surface area (Å²) in [6, 6.07) is 19.3. The van der Waals surface area contributed by atoms with Gasteiger partial charge in [0.2, 0.25) is 0 Å². The molecule has 1 atom stereocenters. The first kappa shape index (κ1) is 15.6. The zero-order chi connectivity index (χ0) is 18.6. The van der Waals surface area contributed by atoms with E-state index in [2.05, 4.69) is 0 Å². The van der Waals surface area contributed by atoms with E-state index in [1.54, 1.807) is 65.6 Å². The van der Waals surface area contributed by atoms with Crippen LogP contribution in [0.25, 0.3) is 0 Å². The summed E-state index contributed by atoms with van der Waals surface area (Å²) in [5.74, 6) is -3.38. The summed E-state index contributed by atoms with van der Waals surface area (Å²) in [4.78, 5) is 26.8. The minimum Gasteiger partial charge on any atom is -0.395 e. The van der Waals surface area contributed by atoms with Crippen molar-refractivity contribution in [3.05, 3.63) is 95.3 Å². The fourth-order valence-electron chi connectivity index (χ4n) is 3.54. The molecule has 1 unspecified atom stereocenters. The van der Waals surface area contributed by atoms with Crippen molar-refractivity contribution in [3.63, 3.8) is 0 Å². The van der Waals surface area contributed by atoms with Gasteiger partial charge in [0.1, 0.15) is 5.82 Å². The van der Waals surface area contributed by atoms with Crippen LogP contribution in [0.4, 0.5) is 15.8 Å². The lowest BCUT2D eigenvalue weighted by Crippen LogP contribution is -2.51. The van der Waals surface area contributed by atoms with Crippen LogP contribution in [0, 0.1) is 5.82 Å². The molecule has 5 nitrogen and oxygen atoms in total. The van der Waals surface area contributed by atoms with Crippen LogP contribution in [0.3, 0.4) is 0 Å². The number of ether oxygens (including phenoxy) is 2. The van der Waals surface area contributed by atoms with Crippen LogP contribution in [-0.2, 0) is 15.4 Å². The van der Waals surface area contributed by atoms with Crippen molar-refractivity contribution in [2.45, 2.75) is 5.91 Å². The van der Waals surface area contributed by atoms with Crippen molar-refractivity contribution >= 4 is 23.3 Å². The summed E-state index contributed by atoms with van der Waals surface area (Å²) in [7, 11) is 0. The van der Waals surface area contributed by atoms with Crippen molar-refractivity contribution in [1.29, 1.82) is 0 Å². The summed E-state index contributed by atoms with van der Waals surface area (Å²) in [6.07, 6.45) is 0. The lowest BCUT2D eigenvalue weighted by molar-refractivity contribution is -0.165. The molecule has 0 aliphatic carbocycles. The predicted molar refractivity (Wildman–Crippen MR) is 93.9 cm³/mol. The van der Waals surface area contributed by atoms with Gasteiger partial charge in [0.25, 0.3) is 0 Å². The molecule has 3 aromatic carbocycles. The maximum atomic E-state index is 13.5. The van der Waals surface area contributed by atoms with Gasteiger partial charge in [0.15, 0.2) is 0 Å². The second-order valence-corrected chi connectivity index (χ2v) is 6.24. The molecule has 5 rings (SSSR count). The number of hydrogen-bond acceptors (Lipinski definition) is 5. The van der Waals surface area contributed by atoms with E-state index >= 15 is 0 Å². The number of esters is 2. The third-order valence-electron chi connectivity index (χ3n) is 4.69. The molecule has 0 N–H and O–H groups in total. The lowest BCUT2D eigenvalue weighted by Gasteiger charge is -2.43. The largest absolute Gasteiger partial charge is 0.395 e. The van der Waals surface area contributed by atoms with Crippen molar-refractivity contribution in [2.24, 2.45) is 0 Å². The number of rotatable bonds is 1. The Balaban J connectivity index is 1.82. The van der Waals surface area contributed by atoms with Crippen LogP contribution in [0.15, 0.2) is 72.8 Å². The third-order valence-corrected chi connectivity index (χ3v) is 4.69. The number of fused-ring (bicyclic) bond motifs is 3. The Morgan fingerprint density at radius 3 is 2.07 bits per heavy atom. The molecule has 3 aromatic rings. The molecule has 0 aromatic heterocycles. The number of benzene rings is 3. The molecule has 0 saturated carbocycles. The summed E-state index contributed by atoms with van der Waals surface area (Å²) in [6.45, 7) is 0. The number of hydrogen-bond donors (Lipinski definition) is 0. The van der Waals surface area contributed by atoms with E-state index in [-0.39, 0.29) is 0 Å². The maximum absolute atomic E-state index is 13.5. The lowest BCUT2D eigenvalue weighted by atomic mass is 10.0. The number of anilines is 2. The van der Waals surface area contributed by atoms with Gasteiger partial charge < -0.3 is 9.47 Å². The zero-order valence-electron chi connectivity index (χ0n) is 13.9. The average molecular weight is 361 g/mol. The highest BCUT2D eigenvalue weighted by atomic mass is 19.1. The van der Waals surface area contributed by atoms with Gasteiger partial charge >= 0.3 is 17.8 Å². The summed E-state index contributed by atoms with van der Waals surface area (Å²) in [5, 5.41) is 0. The van der Waals surface area contributed by atoms with Gasteiger partial charge in [-0.15, -0.1) is 0 Å². The smallest absolute Gasteiger partial charge is 0.377 e. The molecule has 27 heavy (non-hydrogen) atoms. The highest BCUT2D eigenvalue weighted by molar-refractivity contribution is 6.02. The SMILES string of the molecule is O=C1OC2(OC(=O)c3ccccc32)N(c2ccc(F)cc2)c2ccccc21. The van der Waals surface area contributed by atoms with E-state index in [0.29, 0.717) is 28.1 Å². The van der Waals surface area contributed by atoms with E-state index in [9.17, 15) is 14.0 Å². The Labute approximate surface area is 153 Å². The van der Waals surface area contributed by atoms with E-state index in [4.69, 9.17) is 9.47 Å². The first-order valence-electron chi connectivity index (χ1n) is 8.31. The molecule has 0 saturated heterocycles. The normalized spacial score (nSPS) is 20.1. The number of halogens is 1. The fourth-order valence-corrected chi connectivity index (χ4v) is 3.54. The highest BCUT2D eigenvalue weighted by Crippen LogP contribution is 2.50. The Bertz CT molecular complexity index is 1100. The van der Waals surface area contributed by atoms with Crippen LogP contribution in [0.2, 0.25) is 0 Å². The Kier molecular flexibility index (Phi) is 3.12. The third kappa shape index (κ3) is 2.10. The quantitative estimate of drug-likeness (QED) is 0.611. The molecule has 2 aliphatic rings. The highest BCUT2D eigenvalue weighted by Gasteiger charge is 2.57. The van der Waals surface area contributed by atoms with Gasteiger partial charge in [-0.2, -0.15) is 0 Å². The molecule has 0 amide bonds. The number of carbonyl (C=O) groups is 2. The molecule has 2 aliphatic heterocycles. The molecule has 132 valence electrons. The standard InChI is InChI=1S/C21H12FNO4/c22-13-9-11-14(12-10-13)23-18-8-4-2-6-16(18)20(25)27-21(23)17-7-3-1-5-15(17)19(24)26-21/h1-12H. The molecule has 1 spiro atoms. The summed E-state index contributed by atoms with van der Waals surface area (Å²) in [5.41, 5.74) is 2.08. The van der Waals surface area contributed by atoms with Crippen LogP contribution in [0.5, 0.6) is 0 Å². The topological polar surface area (TPSA) is 55.8 Å². The van der Waals surface area contributed by atoms with Crippen molar-refractivity contribution < 1.29 is 23.5 Å². The van der Waals surface area contributed by atoms with E-state index in [1.807, 2.05) is 0 Å². The second-order valence-electron chi connectivity index (χ2n) is 6.24. The van der Waals surface area contributed by atoms with Crippen LogP contribution >= 0.6 is 0 Å². The number of para-hydroxylation sites is 1. The van der Waals surface area contributed by atoms with Crippen molar-refractivity contribution in [1.82, 2.24) is 0 Å². The van der Waals surface area contributed by atoms with Crippen LogP contribution in [0.1, 0.15) is 26.3 Å². The van der Waals surface area contributed by atoms with Crippen molar-refractivity contribution in [2.75, 3.05) is 4.90 Å². The van der Waals surface area contributed by atoms with Gasteiger partial charge in [-0.25, -0.2) is 14.0 Å². The predicted octanol–water partition coefficient (Wildman–Crippen LogP) is 4.12. The molecule has 2 heterocycles. The van der Waals surface area contributed by atoms with Crippen molar-refractivity contribution in [3.8, 4) is 0 Å². The molecule has 0 radical (unpaired) electrons. The first-order chi connectivity index (χ1) is 13.1. The Hall–Kier alpha value is -3.67. The zero-order valence-corrected chi connectivity index (χ0v) is 13.9. The van der Waals surface area contributed by atoms with Crippen LogP contribution in [-0.4, -0.2) is 11.9 Å². The van der Waals surface area contributed by atoms with E-state index in [1.165, 1.54) is 12.1 Å². The maximum Gasteiger partial charge on any atom is 0.377 e. The average Bonchev–Trinajstić information content (AvgIpc) is 2.96. The Morgan fingerprint density at radius 1 is 0.741 bits per heavy atom. The molecule has 0 fully saturated rings. The molecule has 0 bridgehead atoms. The van der Waals surface area contributed by atoms with Gasteiger partial charge in [-0.05, 0) is 48.5 Å². The fraction of sp³-hybridized carbons (Fsp3) is 0.0476. The molecular weight excluding hydrogens is 349 g/mol. The minimum atomic E-state index is -1.78. The monoisotopic (exact) mass is 361 g/mol. The minimum absolute atomic E-state index is 0.316. The number of carbonyl (C=O) groups excluding carboxylic acids is 2. The van der Waals surface area contributed by atoms with E-state index in [0.717, 1.165) is 0 Å². The van der Waals surface area contributed by atoms with Gasteiger partial charge in [-0.3, -0.25) is 4.90 Å². The Morgan fingerprint density at radius 2 is 1.33 bits per heavy atom. The van der Waals surface area contributed by atoms with Gasteiger partial charge in [0, 0.05) is 5.69 Å². The van der Waals surface area contributed by atoms with E-state index < -0.39 is 23.7 Å². The van der Waals surface area contributed by atoms with Crippen LogP contribution < -0.4 is 4.90 Å². The summed E-state index contributed by atoms with van der Waals surface area (Å²) >= 11 is 0. The summed E-state index contributed by atoms with van der Waals surface area (Å²) < 4.78 is 24.8. The first-order valence-corrected chi connectivity index (χ1v) is 8.31. The van der Waals surface area contributed by atoms with Gasteiger partial charge in [-0.1, -0.05) is 24.3 Å². The second kappa shape index (κ2) is 5.41.